The van der Waals surface area contributed by atoms with Crippen LogP contribution in [0.25, 0.3) is 5.69 Å². The summed E-state index contributed by atoms with van der Waals surface area (Å²) in [6.07, 6.45) is 5.69. The fourth-order valence-electron chi connectivity index (χ4n) is 4.62. The zero-order valence-electron chi connectivity index (χ0n) is 21.1. The largest absolute Gasteiger partial charge is 0.332 e. The molecule has 3 atom stereocenters. The number of amides is 2. The summed E-state index contributed by atoms with van der Waals surface area (Å²) in [4.78, 5) is 39.1. The molecule has 5 rings (SSSR count). The van der Waals surface area contributed by atoms with Gasteiger partial charge in [-0.2, -0.15) is 0 Å². The standard InChI is InChI=1S/C28H29ClN6O2/c1-18-10-11-25(31-20(18)3)21-6-4-7-22(14-21)27(36)34-13-12-33(16-19(34)2)28(37)26-30-17-35(32-26)24-9-5-8-23(29)15-24/h4-11,14-15,17-20H,12-13,16H2,1-3H3. The predicted molar refractivity (Wildman–Crippen MR) is 144 cm³/mol. The number of hydrogen-bond donors (Lipinski definition) is 0. The highest BCUT2D eigenvalue weighted by Crippen LogP contribution is 2.21. The van der Waals surface area contributed by atoms with Crippen molar-refractivity contribution in [3.8, 4) is 5.69 Å². The quantitative estimate of drug-likeness (QED) is 0.518. The van der Waals surface area contributed by atoms with E-state index in [1.807, 2.05) is 54.3 Å². The number of nitrogens with zero attached hydrogens (tertiary/aromatic N) is 6. The van der Waals surface area contributed by atoms with Gasteiger partial charge in [-0.05, 0) is 56.2 Å². The number of aromatic nitrogens is 3. The Balaban J connectivity index is 1.26. The minimum absolute atomic E-state index is 0.0494. The van der Waals surface area contributed by atoms with Gasteiger partial charge in [0.05, 0.1) is 17.4 Å². The molecule has 2 aliphatic rings. The van der Waals surface area contributed by atoms with Crippen LogP contribution in [0.5, 0.6) is 0 Å². The van der Waals surface area contributed by atoms with Gasteiger partial charge in [0, 0.05) is 41.8 Å². The van der Waals surface area contributed by atoms with Crippen LogP contribution in [0.3, 0.4) is 0 Å². The lowest BCUT2D eigenvalue weighted by Gasteiger charge is -2.39. The molecule has 2 amide bonds. The van der Waals surface area contributed by atoms with Crippen molar-refractivity contribution in [3.63, 3.8) is 0 Å². The molecular formula is C28H29ClN6O2. The first-order chi connectivity index (χ1) is 17.8. The number of aliphatic imine (C=N–C) groups is 1. The Morgan fingerprint density at radius 1 is 1.00 bits per heavy atom. The summed E-state index contributed by atoms with van der Waals surface area (Å²) >= 11 is 6.07. The number of dihydropyridines is 1. The van der Waals surface area contributed by atoms with Gasteiger partial charge < -0.3 is 9.80 Å². The lowest BCUT2D eigenvalue weighted by molar-refractivity contribution is 0.0408. The molecule has 0 radical (unpaired) electrons. The summed E-state index contributed by atoms with van der Waals surface area (Å²) in [5.74, 6) is 0.206. The molecule has 1 saturated heterocycles. The number of carbonyl (C=O) groups excluding carboxylic acids is 2. The van der Waals surface area contributed by atoms with Crippen molar-refractivity contribution in [2.24, 2.45) is 10.9 Å². The van der Waals surface area contributed by atoms with E-state index in [4.69, 9.17) is 16.6 Å². The van der Waals surface area contributed by atoms with Crippen LogP contribution in [-0.2, 0) is 0 Å². The number of piperazine rings is 1. The summed E-state index contributed by atoms with van der Waals surface area (Å²) in [7, 11) is 0. The van der Waals surface area contributed by atoms with Gasteiger partial charge in [-0.15, -0.1) is 5.10 Å². The van der Waals surface area contributed by atoms with E-state index in [0.717, 1.165) is 17.0 Å². The zero-order chi connectivity index (χ0) is 26.1. The summed E-state index contributed by atoms with van der Waals surface area (Å²) in [5.41, 5.74) is 3.18. The Morgan fingerprint density at radius 3 is 2.57 bits per heavy atom. The van der Waals surface area contributed by atoms with E-state index in [9.17, 15) is 9.59 Å². The molecule has 190 valence electrons. The van der Waals surface area contributed by atoms with E-state index < -0.39 is 0 Å². The Bertz CT molecular complexity index is 1400. The maximum absolute atomic E-state index is 13.4. The average Bonchev–Trinajstić information content (AvgIpc) is 3.40. The highest BCUT2D eigenvalue weighted by molar-refractivity contribution is 6.30. The molecule has 8 nitrogen and oxygen atoms in total. The third kappa shape index (κ3) is 5.20. The van der Waals surface area contributed by atoms with Crippen molar-refractivity contribution in [1.82, 2.24) is 24.6 Å². The zero-order valence-corrected chi connectivity index (χ0v) is 21.8. The van der Waals surface area contributed by atoms with Gasteiger partial charge in [0.25, 0.3) is 11.8 Å². The van der Waals surface area contributed by atoms with Crippen LogP contribution in [0.1, 0.15) is 47.3 Å². The molecule has 9 heteroatoms. The van der Waals surface area contributed by atoms with E-state index >= 15 is 0 Å². The number of carbonyl (C=O) groups is 2. The Labute approximate surface area is 221 Å². The van der Waals surface area contributed by atoms with Crippen molar-refractivity contribution in [2.75, 3.05) is 19.6 Å². The van der Waals surface area contributed by atoms with Gasteiger partial charge in [-0.25, -0.2) is 9.67 Å². The van der Waals surface area contributed by atoms with Gasteiger partial charge in [0.2, 0.25) is 5.82 Å². The molecule has 3 aromatic rings. The Morgan fingerprint density at radius 2 is 1.81 bits per heavy atom. The van der Waals surface area contributed by atoms with Gasteiger partial charge in [0.15, 0.2) is 0 Å². The summed E-state index contributed by atoms with van der Waals surface area (Å²) in [5, 5.41) is 4.92. The molecule has 0 spiro atoms. The molecule has 2 aromatic carbocycles. The third-order valence-corrected chi connectivity index (χ3v) is 7.23. The van der Waals surface area contributed by atoms with Crippen LogP contribution in [-0.4, -0.2) is 73.8 Å². The van der Waals surface area contributed by atoms with Gasteiger partial charge >= 0.3 is 0 Å². The Hall–Kier alpha value is -3.78. The molecule has 3 unspecified atom stereocenters. The summed E-state index contributed by atoms with van der Waals surface area (Å²) in [6.45, 7) is 7.44. The van der Waals surface area contributed by atoms with Crippen LogP contribution in [0.2, 0.25) is 5.02 Å². The first kappa shape index (κ1) is 24.9. The molecule has 1 fully saturated rings. The maximum Gasteiger partial charge on any atom is 0.293 e. The summed E-state index contributed by atoms with van der Waals surface area (Å²) < 4.78 is 1.53. The molecule has 1 aromatic heterocycles. The molecule has 3 heterocycles. The number of benzene rings is 2. The second-order valence-corrected chi connectivity index (χ2v) is 10.1. The van der Waals surface area contributed by atoms with Crippen LogP contribution >= 0.6 is 11.6 Å². The molecule has 0 aliphatic carbocycles. The van der Waals surface area contributed by atoms with Crippen molar-refractivity contribution < 1.29 is 9.59 Å². The van der Waals surface area contributed by atoms with Crippen molar-refractivity contribution >= 4 is 29.1 Å². The van der Waals surface area contributed by atoms with Crippen LogP contribution in [0, 0.1) is 5.92 Å². The fourth-order valence-corrected chi connectivity index (χ4v) is 4.81. The fraction of sp³-hybridized carbons (Fsp3) is 0.321. The monoisotopic (exact) mass is 516 g/mol. The normalized spacial score (nSPS) is 21.6. The van der Waals surface area contributed by atoms with E-state index in [0.29, 0.717) is 36.1 Å². The summed E-state index contributed by atoms with van der Waals surface area (Å²) in [6, 6.07) is 14.9. The highest BCUT2D eigenvalue weighted by atomic mass is 35.5. The van der Waals surface area contributed by atoms with Gasteiger partial charge in [-0.1, -0.05) is 42.8 Å². The number of hydrogen-bond acceptors (Lipinski definition) is 5. The number of rotatable bonds is 4. The van der Waals surface area contributed by atoms with E-state index in [1.165, 1.54) is 11.0 Å². The maximum atomic E-state index is 13.4. The number of allylic oxidation sites excluding steroid dienone is 1. The lowest BCUT2D eigenvalue weighted by atomic mass is 9.96. The van der Waals surface area contributed by atoms with Crippen molar-refractivity contribution in [3.05, 3.63) is 89.0 Å². The first-order valence-electron chi connectivity index (χ1n) is 12.4. The Kier molecular flexibility index (Phi) is 6.93. The second kappa shape index (κ2) is 10.3. The molecule has 0 bridgehead atoms. The molecule has 37 heavy (non-hydrogen) atoms. The minimum atomic E-state index is -0.257. The van der Waals surface area contributed by atoms with Gasteiger partial charge in [-0.3, -0.25) is 14.6 Å². The van der Waals surface area contributed by atoms with Crippen LogP contribution in [0.4, 0.5) is 0 Å². The predicted octanol–water partition coefficient (Wildman–Crippen LogP) is 4.29. The SMILES string of the molecule is CC1C=CC(c2cccc(C(=O)N3CCN(C(=O)c4ncn(-c5cccc(Cl)c5)n4)CC3C)c2)=NC1C. The smallest absolute Gasteiger partial charge is 0.293 e. The number of halogens is 1. The van der Waals surface area contributed by atoms with Gasteiger partial charge in [0.1, 0.15) is 6.33 Å². The van der Waals surface area contributed by atoms with Crippen LogP contribution < -0.4 is 0 Å². The van der Waals surface area contributed by atoms with E-state index in [1.54, 1.807) is 17.0 Å². The first-order valence-corrected chi connectivity index (χ1v) is 12.8. The second-order valence-electron chi connectivity index (χ2n) is 9.65. The van der Waals surface area contributed by atoms with E-state index in [-0.39, 0.29) is 29.7 Å². The van der Waals surface area contributed by atoms with Crippen LogP contribution in [0.15, 0.2) is 72.0 Å². The molecule has 0 N–H and O–H groups in total. The third-order valence-electron chi connectivity index (χ3n) is 7.00. The van der Waals surface area contributed by atoms with Crippen molar-refractivity contribution in [2.45, 2.75) is 32.9 Å². The average molecular weight is 517 g/mol. The molecule has 2 aliphatic heterocycles. The molecule has 0 saturated carbocycles. The molecular weight excluding hydrogens is 488 g/mol. The lowest BCUT2D eigenvalue weighted by Crippen LogP contribution is -2.55. The van der Waals surface area contributed by atoms with E-state index in [2.05, 4.69) is 30.0 Å². The highest BCUT2D eigenvalue weighted by Gasteiger charge is 2.32. The minimum Gasteiger partial charge on any atom is -0.332 e. The topological polar surface area (TPSA) is 83.7 Å². The van der Waals surface area contributed by atoms with Crippen molar-refractivity contribution in [1.29, 1.82) is 0 Å².